The fourth-order valence-corrected chi connectivity index (χ4v) is 2.60. The molecule has 8 heteroatoms. The van der Waals surface area contributed by atoms with Gasteiger partial charge in [0.15, 0.2) is 16.6 Å². The maximum Gasteiger partial charge on any atom is 0.276 e. The molecule has 2 heterocycles. The number of nitrogens with one attached hydrogen (secondary N) is 1. The first kappa shape index (κ1) is 14.9. The largest absolute Gasteiger partial charge is 0.504 e. The SMILES string of the molecule is COc1cc(-c2csc(NC(=O)c3ccncn3)n2)ccc1O. The third-order valence-corrected chi connectivity index (χ3v) is 3.77. The van der Waals surface area contributed by atoms with Crippen LogP contribution in [0.5, 0.6) is 11.5 Å². The number of aromatic hydroxyl groups is 1. The lowest BCUT2D eigenvalue weighted by Crippen LogP contribution is -2.13. The number of ether oxygens (including phenoxy) is 1. The molecule has 1 aromatic carbocycles. The number of rotatable bonds is 4. The normalized spacial score (nSPS) is 10.3. The van der Waals surface area contributed by atoms with Crippen LogP contribution in [0.1, 0.15) is 10.5 Å². The van der Waals surface area contributed by atoms with Crippen molar-refractivity contribution in [2.24, 2.45) is 0 Å². The van der Waals surface area contributed by atoms with Crippen LogP contribution in [-0.2, 0) is 0 Å². The van der Waals surface area contributed by atoms with Crippen LogP contribution in [0.3, 0.4) is 0 Å². The summed E-state index contributed by atoms with van der Waals surface area (Å²) < 4.78 is 5.08. The van der Waals surface area contributed by atoms with E-state index in [1.54, 1.807) is 17.5 Å². The van der Waals surface area contributed by atoms with Crippen LogP contribution >= 0.6 is 11.3 Å². The van der Waals surface area contributed by atoms with E-state index in [4.69, 9.17) is 4.74 Å². The van der Waals surface area contributed by atoms with Crippen LogP contribution in [0.25, 0.3) is 11.3 Å². The molecule has 0 fully saturated rings. The Morgan fingerprint density at radius 1 is 1.35 bits per heavy atom. The Bertz CT molecular complexity index is 836. The van der Waals surface area contributed by atoms with E-state index in [2.05, 4.69) is 20.3 Å². The molecule has 0 saturated heterocycles. The lowest BCUT2D eigenvalue weighted by Gasteiger charge is -2.04. The standard InChI is InChI=1S/C15H12N4O3S/c1-22-13-6-9(2-3-12(13)20)11-7-23-15(18-11)19-14(21)10-4-5-16-8-17-10/h2-8,20H,1H3,(H,18,19,21). The van der Waals surface area contributed by atoms with Gasteiger partial charge in [-0.1, -0.05) is 0 Å². The number of benzene rings is 1. The molecule has 0 aliphatic carbocycles. The van der Waals surface area contributed by atoms with Crippen LogP contribution < -0.4 is 10.1 Å². The highest BCUT2D eigenvalue weighted by molar-refractivity contribution is 7.14. The van der Waals surface area contributed by atoms with Gasteiger partial charge >= 0.3 is 0 Å². The lowest BCUT2D eigenvalue weighted by molar-refractivity contribution is 0.102. The van der Waals surface area contributed by atoms with E-state index in [9.17, 15) is 9.90 Å². The summed E-state index contributed by atoms with van der Waals surface area (Å²) >= 11 is 1.30. The minimum Gasteiger partial charge on any atom is -0.504 e. The summed E-state index contributed by atoms with van der Waals surface area (Å²) in [6.07, 6.45) is 2.81. The van der Waals surface area contributed by atoms with E-state index >= 15 is 0 Å². The Morgan fingerprint density at radius 2 is 2.22 bits per heavy atom. The summed E-state index contributed by atoms with van der Waals surface area (Å²) in [6.45, 7) is 0. The molecule has 0 saturated carbocycles. The first-order valence-corrected chi connectivity index (χ1v) is 7.45. The zero-order valence-electron chi connectivity index (χ0n) is 12.1. The quantitative estimate of drug-likeness (QED) is 0.764. The molecule has 0 bridgehead atoms. The van der Waals surface area contributed by atoms with Gasteiger partial charge in [-0.25, -0.2) is 15.0 Å². The molecule has 1 amide bonds. The number of thiazole rings is 1. The van der Waals surface area contributed by atoms with Gasteiger partial charge in [0.05, 0.1) is 12.8 Å². The Hall–Kier alpha value is -3.00. The summed E-state index contributed by atoms with van der Waals surface area (Å²) in [4.78, 5) is 24.0. The maximum absolute atomic E-state index is 12.0. The molecular formula is C15H12N4O3S. The number of nitrogens with zero attached hydrogens (tertiary/aromatic N) is 3. The smallest absolute Gasteiger partial charge is 0.276 e. The number of amides is 1. The first-order valence-electron chi connectivity index (χ1n) is 6.57. The van der Waals surface area contributed by atoms with Crippen molar-refractivity contribution in [2.75, 3.05) is 12.4 Å². The second-order valence-corrected chi connectivity index (χ2v) is 5.33. The molecule has 7 nitrogen and oxygen atoms in total. The number of hydrogen-bond acceptors (Lipinski definition) is 7. The van der Waals surface area contributed by atoms with E-state index in [-0.39, 0.29) is 17.4 Å². The molecule has 0 aliphatic heterocycles. The van der Waals surface area contributed by atoms with Crippen molar-refractivity contribution in [3.63, 3.8) is 0 Å². The molecule has 0 radical (unpaired) electrons. The molecule has 0 aliphatic rings. The van der Waals surface area contributed by atoms with Gasteiger partial charge in [-0.05, 0) is 24.3 Å². The predicted molar refractivity (Wildman–Crippen MR) is 85.8 cm³/mol. The van der Waals surface area contributed by atoms with Gasteiger partial charge in [-0.3, -0.25) is 10.1 Å². The molecule has 2 N–H and O–H groups in total. The summed E-state index contributed by atoms with van der Waals surface area (Å²) in [6, 6.07) is 6.46. The van der Waals surface area contributed by atoms with Crippen LogP contribution in [0.2, 0.25) is 0 Å². The summed E-state index contributed by atoms with van der Waals surface area (Å²) in [5.41, 5.74) is 1.72. The molecule has 116 valence electrons. The Balaban J connectivity index is 1.79. The fourth-order valence-electron chi connectivity index (χ4n) is 1.89. The van der Waals surface area contributed by atoms with E-state index in [1.165, 1.54) is 43.1 Å². The van der Waals surface area contributed by atoms with Gasteiger partial charge in [0.1, 0.15) is 12.0 Å². The monoisotopic (exact) mass is 328 g/mol. The van der Waals surface area contributed by atoms with Gasteiger partial charge in [0.2, 0.25) is 0 Å². The topological polar surface area (TPSA) is 97.2 Å². The maximum atomic E-state index is 12.0. The first-order chi connectivity index (χ1) is 11.2. The molecular weight excluding hydrogens is 316 g/mol. The van der Waals surface area contributed by atoms with Crippen LogP contribution in [0.15, 0.2) is 42.2 Å². The third kappa shape index (κ3) is 3.27. The van der Waals surface area contributed by atoms with Crippen molar-refractivity contribution in [1.29, 1.82) is 0 Å². The minimum absolute atomic E-state index is 0.0590. The highest BCUT2D eigenvalue weighted by Gasteiger charge is 2.12. The Morgan fingerprint density at radius 3 is 2.96 bits per heavy atom. The average Bonchev–Trinajstić information content (AvgIpc) is 3.04. The van der Waals surface area contributed by atoms with E-state index in [0.29, 0.717) is 16.6 Å². The van der Waals surface area contributed by atoms with Crippen molar-refractivity contribution in [3.8, 4) is 22.8 Å². The van der Waals surface area contributed by atoms with Gasteiger partial charge in [-0.15, -0.1) is 11.3 Å². The van der Waals surface area contributed by atoms with Gasteiger partial charge in [0, 0.05) is 17.1 Å². The predicted octanol–water partition coefficient (Wildman–Crippen LogP) is 2.57. The summed E-state index contributed by atoms with van der Waals surface area (Å²) in [7, 11) is 1.48. The number of carbonyl (C=O) groups is 1. The van der Waals surface area contributed by atoms with Crippen molar-refractivity contribution < 1.29 is 14.6 Å². The van der Waals surface area contributed by atoms with Gasteiger partial charge in [0.25, 0.3) is 5.91 Å². The summed E-state index contributed by atoms with van der Waals surface area (Å²) in [5.74, 6) is 0.0717. The van der Waals surface area contributed by atoms with Gasteiger partial charge in [-0.2, -0.15) is 0 Å². The van der Waals surface area contributed by atoms with Gasteiger partial charge < -0.3 is 9.84 Å². The zero-order valence-corrected chi connectivity index (χ0v) is 12.9. The lowest BCUT2D eigenvalue weighted by atomic mass is 10.1. The van der Waals surface area contributed by atoms with Crippen molar-refractivity contribution in [2.45, 2.75) is 0 Å². The summed E-state index contributed by atoms with van der Waals surface area (Å²) in [5, 5.41) is 14.6. The van der Waals surface area contributed by atoms with Crippen LogP contribution in [-0.4, -0.2) is 33.1 Å². The molecule has 0 unspecified atom stereocenters. The number of carbonyl (C=O) groups excluding carboxylic acids is 1. The van der Waals surface area contributed by atoms with Crippen molar-refractivity contribution in [3.05, 3.63) is 47.9 Å². The van der Waals surface area contributed by atoms with Crippen LogP contribution in [0.4, 0.5) is 5.13 Å². The molecule has 0 atom stereocenters. The van der Waals surface area contributed by atoms with E-state index in [0.717, 1.165) is 5.56 Å². The highest BCUT2D eigenvalue weighted by Crippen LogP contribution is 2.32. The number of phenolic OH excluding ortho intramolecular Hbond substituents is 1. The number of phenols is 1. The molecule has 3 rings (SSSR count). The molecule has 2 aromatic heterocycles. The molecule has 23 heavy (non-hydrogen) atoms. The Labute approximate surface area is 135 Å². The fraction of sp³-hybridized carbons (Fsp3) is 0.0667. The Kier molecular flexibility index (Phi) is 4.15. The highest BCUT2D eigenvalue weighted by atomic mass is 32.1. The number of hydrogen-bond donors (Lipinski definition) is 2. The number of anilines is 1. The molecule has 3 aromatic rings. The number of methoxy groups -OCH3 is 1. The van der Waals surface area contributed by atoms with E-state index < -0.39 is 0 Å². The van der Waals surface area contributed by atoms with Crippen molar-refractivity contribution in [1.82, 2.24) is 15.0 Å². The second-order valence-electron chi connectivity index (χ2n) is 4.47. The van der Waals surface area contributed by atoms with Crippen LogP contribution in [0, 0.1) is 0 Å². The van der Waals surface area contributed by atoms with Crippen molar-refractivity contribution >= 4 is 22.4 Å². The third-order valence-electron chi connectivity index (χ3n) is 3.01. The minimum atomic E-state index is -0.350. The zero-order chi connectivity index (χ0) is 16.2. The molecule has 0 spiro atoms. The van der Waals surface area contributed by atoms with E-state index in [1.807, 2.05) is 0 Å². The number of aromatic nitrogens is 3. The average molecular weight is 328 g/mol. The second kappa shape index (κ2) is 6.41.